The normalized spacial score (nSPS) is 12.6. The standard InChI is InChI=1S/C8H11BrN2O4S2/c1-16(12,13)3-2-11-17(14,15)8-4-7(9)5-10-6-8/h4-6,11H,2-3H2,1H3. The van der Waals surface area contributed by atoms with Crippen molar-refractivity contribution in [1.29, 1.82) is 0 Å². The maximum Gasteiger partial charge on any atom is 0.242 e. The van der Waals surface area contributed by atoms with Gasteiger partial charge in [-0.2, -0.15) is 0 Å². The summed E-state index contributed by atoms with van der Waals surface area (Å²) < 4.78 is 47.8. The monoisotopic (exact) mass is 342 g/mol. The molecule has 0 aliphatic heterocycles. The van der Waals surface area contributed by atoms with Crippen molar-refractivity contribution in [2.24, 2.45) is 0 Å². The molecule has 0 spiro atoms. The zero-order valence-electron chi connectivity index (χ0n) is 8.92. The molecule has 1 rings (SSSR count). The highest BCUT2D eigenvalue weighted by atomic mass is 79.9. The molecule has 0 aliphatic rings. The number of hydrogen-bond donors (Lipinski definition) is 1. The third-order valence-corrected chi connectivity index (χ3v) is 4.56. The first-order valence-corrected chi connectivity index (χ1v) is 8.82. The fourth-order valence-electron chi connectivity index (χ4n) is 0.984. The van der Waals surface area contributed by atoms with E-state index in [1.807, 2.05) is 0 Å². The molecule has 0 saturated carbocycles. The number of nitrogens with zero attached hydrogens (tertiary/aromatic N) is 1. The molecule has 0 amide bonds. The van der Waals surface area contributed by atoms with Gasteiger partial charge in [0.2, 0.25) is 10.0 Å². The molecular weight excluding hydrogens is 332 g/mol. The fraction of sp³-hybridized carbons (Fsp3) is 0.375. The lowest BCUT2D eigenvalue weighted by Gasteiger charge is -2.05. The largest absolute Gasteiger partial charge is 0.262 e. The predicted molar refractivity (Wildman–Crippen MR) is 66.8 cm³/mol. The van der Waals surface area contributed by atoms with Crippen LogP contribution in [0.2, 0.25) is 0 Å². The van der Waals surface area contributed by atoms with E-state index in [-0.39, 0.29) is 17.2 Å². The van der Waals surface area contributed by atoms with E-state index in [4.69, 9.17) is 0 Å². The van der Waals surface area contributed by atoms with Gasteiger partial charge in [0.05, 0.1) is 5.75 Å². The Morgan fingerprint density at radius 1 is 1.29 bits per heavy atom. The Balaban J connectivity index is 2.77. The Bertz CT molecular complexity index is 598. The van der Waals surface area contributed by atoms with Crippen LogP contribution in [-0.2, 0) is 19.9 Å². The summed E-state index contributed by atoms with van der Waals surface area (Å²) in [4.78, 5) is 3.71. The van der Waals surface area contributed by atoms with Gasteiger partial charge in [-0.05, 0) is 22.0 Å². The van der Waals surface area contributed by atoms with Crippen LogP contribution in [0.3, 0.4) is 0 Å². The molecular formula is C8H11BrN2O4S2. The second-order valence-corrected chi connectivity index (χ2v) is 8.31. The minimum Gasteiger partial charge on any atom is -0.262 e. The van der Waals surface area contributed by atoms with Gasteiger partial charge in [-0.1, -0.05) is 0 Å². The molecule has 1 heterocycles. The average molecular weight is 343 g/mol. The summed E-state index contributed by atoms with van der Waals surface area (Å²) in [5, 5.41) is 0. The lowest BCUT2D eigenvalue weighted by atomic mass is 10.5. The summed E-state index contributed by atoms with van der Waals surface area (Å²) in [6, 6.07) is 1.38. The van der Waals surface area contributed by atoms with Crippen LogP contribution >= 0.6 is 15.9 Å². The number of nitrogens with one attached hydrogen (secondary N) is 1. The average Bonchev–Trinajstić information content (AvgIpc) is 2.15. The van der Waals surface area contributed by atoms with Crippen molar-refractivity contribution in [3.8, 4) is 0 Å². The molecule has 96 valence electrons. The van der Waals surface area contributed by atoms with Crippen molar-refractivity contribution in [2.75, 3.05) is 18.6 Å². The van der Waals surface area contributed by atoms with Crippen LogP contribution in [0.5, 0.6) is 0 Å². The van der Waals surface area contributed by atoms with E-state index in [2.05, 4.69) is 25.6 Å². The van der Waals surface area contributed by atoms with Crippen LogP contribution in [0.4, 0.5) is 0 Å². The van der Waals surface area contributed by atoms with Gasteiger partial charge in [-0.25, -0.2) is 21.6 Å². The Labute approximate surface area is 109 Å². The molecule has 0 bridgehead atoms. The third-order valence-electron chi connectivity index (χ3n) is 1.76. The molecule has 17 heavy (non-hydrogen) atoms. The Morgan fingerprint density at radius 3 is 2.47 bits per heavy atom. The number of aromatic nitrogens is 1. The summed E-state index contributed by atoms with van der Waals surface area (Å²) in [6.45, 7) is -0.159. The van der Waals surface area contributed by atoms with Crippen LogP contribution in [-0.4, -0.2) is 40.4 Å². The smallest absolute Gasteiger partial charge is 0.242 e. The van der Waals surface area contributed by atoms with Gasteiger partial charge in [0.25, 0.3) is 0 Å². The second-order valence-electron chi connectivity index (χ2n) is 3.37. The predicted octanol–water partition coefficient (Wildman–Crippen LogP) is 0.167. The number of hydrogen-bond acceptors (Lipinski definition) is 5. The zero-order valence-corrected chi connectivity index (χ0v) is 12.1. The van der Waals surface area contributed by atoms with Crippen LogP contribution < -0.4 is 4.72 Å². The molecule has 0 fully saturated rings. The van der Waals surface area contributed by atoms with E-state index in [9.17, 15) is 16.8 Å². The lowest BCUT2D eigenvalue weighted by molar-refractivity contribution is 0.581. The zero-order chi connectivity index (χ0) is 13.1. The van der Waals surface area contributed by atoms with Gasteiger partial charge in [-0.15, -0.1) is 0 Å². The van der Waals surface area contributed by atoms with Crippen molar-refractivity contribution in [2.45, 2.75) is 4.90 Å². The highest BCUT2D eigenvalue weighted by molar-refractivity contribution is 9.10. The number of sulfonamides is 1. The van der Waals surface area contributed by atoms with Crippen molar-refractivity contribution in [3.63, 3.8) is 0 Å². The second kappa shape index (κ2) is 5.42. The van der Waals surface area contributed by atoms with E-state index < -0.39 is 19.9 Å². The highest BCUT2D eigenvalue weighted by Crippen LogP contribution is 2.13. The minimum atomic E-state index is -3.71. The highest BCUT2D eigenvalue weighted by Gasteiger charge is 2.15. The van der Waals surface area contributed by atoms with E-state index >= 15 is 0 Å². The first-order valence-electron chi connectivity index (χ1n) is 4.49. The summed E-state index contributed by atoms with van der Waals surface area (Å²) in [7, 11) is -6.90. The van der Waals surface area contributed by atoms with E-state index in [0.717, 1.165) is 6.26 Å². The maximum atomic E-state index is 11.7. The van der Waals surface area contributed by atoms with Crippen molar-refractivity contribution in [3.05, 3.63) is 22.9 Å². The first kappa shape index (κ1) is 14.6. The van der Waals surface area contributed by atoms with Gasteiger partial charge in [-0.3, -0.25) is 4.98 Å². The minimum absolute atomic E-state index is 0.0135. The summed E-state index contributed by atoms with van der Waals surface area (Å²) in [5.74, 6) is -0.242. The molecule has 1 N–H and O–H groups in total. The molecule has 0 aromatic carbocycles. The molecule has 1 aromatic heterocycles. The van der Waals surface area contributed by atoms with Gasteiger partial charge in [0.15, 0.2) is 0 Å². The van der Waals surface area contributed by atoms with E-state index in [1.165, 1.54) is 18.5 Å². The van der Waals surface area contributed by atoms with Gasteiger partial charge < -0.3 is 0 Å². The molecule has 0 aliphatic carbocycles. The van der Waals surface area contributed by atoms with Crippen molar-refractivity contribution in [1.82, 2.24) is 9.71 Å². The van der Waals surface area contributed by atoms with Gasteiger partial charge >= 0.3 is 0 Å². The number of halogens is 1. The topological polar surface area (TPSA) is 93.2 Å². The molecule has 0 unspecified atom stereocenters. The molecule has 0 radical (unpaired) electrons. The van der Waals surface area contributed by atoms with Gasteiger partial charge in [0, 0.05) is 29.7 Å². The molecule has 0 saturated heterocycles. The lowest BCUT2D eigenvalue weighted by Crippen LogP contribution is -2.29. The molecule has 9 heteroatoms. The van der Waals surface area contributed by atoms with E-state index in [1.54, 1.807) is 0 Å². The SMILES string of the molecule is CS(=O)(=O)CCNS(=O)(=O)c1cncc(Br)c1. The first-order chi connectivity index (χ1) is 7.71. The third kappa shape index (κ3) is 5.11. The summed E-state index contributed by atoms with van der Waals surface area (Å²) in [5.41, 5.74) is 0. The fourth-order valence-corrected chi connectivity index (χ4v) is 3.12. The van der Waals surface area contributed by atoms with Crippen LogP contribution in [0.25, 0.3) is 0 Å². The van der Waals surface area contributed by atoms with Crippen LogP contribution in [0, 0.1) is 0 Å². The quantitative estimate of drug-likeness (QED) is 0.823. The van der Waals surface area contributed by atoms with Gasteiger partial charge in [0.1, 0.15) is 14.7 Å². The van der Waals surface area contributed by atoms with Crippen molar-refractivity contribution >= 4 is 35.8 Å². The summed E-state index contributed by atoms with van der Waals surface area (Å²) >= 11 is 3.10. The van der Waals surface area contributed by atoms with Crippen LogP contribution in [0.1, 0.15) is 0 Å². The van der Waals surface area contributed by atoms with E-state index in [0.29, 0.717) is 4.47 Å². The number of sulfone groups is 1. The summed E-state index contributed by atoms with van der Waals surface area (Å²) in [6.07, 6.45) is 3.69. The van der Waals surface area contributed by atoms with Crippen molar-refractivity contribution < 1.29 is 16.8 Å². The Kier molecular flexibility index (Phi) is 4.64. The Hall–Kier alpha value is -0.510. The molecule has 0 atom stereocenters. The maximum absolute atomic E-state index is 11.7. The number of pyridine rings is 1. The van der Waals surface area contributed by atoms with Crippen LogP contribution in [0.15, 0.2) is 27.8 Å². The molecule has 1 aromatic rings. The Morgan fingerprint density at radius 2 is 1.94 bits per heavy atom. The molecule has 6 nitrogen and oxygen atoms in total. The number of rotatable bonds is 5.